The highest BCUT2D eigenvalue weighted by Crippen LogP contribution is 2.32. The average molecular weight is 336 g/mol. The molecule has 0 radical (unpaired) electrons. The highest BCUT2D eigenvalue weighted by atomic mass is 35.5. The van der Waals surface area contributed by atoms with Gasteiger partial charge >= 0.3 is 0 Å². The molecule has 0 aromatic heterocycles. The van der Waals surface area contributed by atoms with E-state index in [-0.39, 0.29) is 19.3 Å². The zero-order chi connectivity index (χ0) is 15.8. The minimum absolute atomic E-state index is 0.0976. The minimum atomic E-state index is -0.683. The van der Waals surface area contributed by atoms with E-state index in [4.69, 9.17) is 33.0 Å². The molecule has 0 amide bonds. The zero-order valence-electron chi connectivity index (χ0n) is 12.4. The normalized spacial score (nSPS) is 14.2. The number of rotatable bonds is 9. The van der Waals surface area contributed by atoms with E-state index in [0.29, 0.717) is 34.7 Å². The molecule has 21 heavy (non-hydrogen) atoms. The lowest BCUT2D eigenvalue weighted by atomic mass is 10.0. The molecule has 0 fully saturated rings. The number of hydrogen-bond donors (Lipinski definition) is 3. The van der Waals surface area contributed by atoms with E-state index in [1.54, 1.807) is 18.2 Å². The summed E-state index contributed by atoms with van der Waals surface area (Å²) in [4.78, 5) is 0. The molecular formula is C15H23Cl2NO3. The molecule has 1 aromatic carbocycles. The van der Waals surface area contributed by atoms with E-state index in [1.807, 2.05) is 0 Å². The molecule has 0 spiro atoms. The number of aliphatic hydroxyl groups excluding tert-OH is 2. The van der Waals surface area contributed by atoms with Crippen molar-refractivity contribution in [1.82, 2.24) is 5.32 Å². The first-order valence-electron chi connectivity index (χ1n) is 7.04. The van der Waals surface area contributed by atoms with Crippen LogP contribution >= 0.6 is 23.2 Å². The van der Waals surface area contributed by atoms with Gasteiger partial charge in [-0.1, -0.05) is 43.1 Å². The maximum absolute atomic E-state index is 9.96. The number of nitrogens with one attached hydrogen (secondary N) is 1. The topological polar surface area (TPSA) is 61.7 Å². The van der Waals surface area contributed by atoms with Crippen molar-refractivity contribution in [2.24, 2.45) is 5.92 Å². The molecule has 4 nitrogen and oxygen atoms in total. The summed E-state index contributed by atoms with van der Waals surface area (Å²) in [7, 11) is 0. The van der Waals surface area contributed by atoms with Gasteiger partial charge in [0.25, 0.3) is 0 Å². The highest BCUT2D eigenvalue weighted by Gasteiger charge is 2.15. The second kappa shape index (κ2) is 9.49. The number of ether oxygens (including phenoxy) is 1. The van der Waals surface area contributed by atoms with Crippen molar-refractivity contribution in [3.05, 3.63) is 28.2 Å². The minimum Gasteiger partial charge on any atom is -0.488 e. The molecule has 120 valence electrons. The van der Waals surface area contributed by atoms with E-state index in [1.165, 1.54) is 0 Å². The Morgan fingerprint density at radius 3 is 2.38 bits per heavy atom. The third kappa shape index (κ3) is 6.41. The lowest BCUT2D eigenvalue weighted by molar-refractivity contribution is 0.0996. The van der Waals surface area contributed by atoms with Crippen LogP contribution in [0.2, 0.25) is 10.0 Å². The molecule has 0 aliphatic heterocycles. The van der Waals surface area contributed by atoms with E-state index in [9.17, 15) is 5.11 Å². The molecule has 1 aromatic rings. The van der Waals surface area contributed by atoms with Gasteiger partial charge < -0.3 is 20.3 Å². The van der Waals surface area contributed by atoms with Crippen molar-refractivity contribution in [3.63, 3.8) is 0 Å². The number of benzene rings is 1. The van der Waals surface area contributed by atoms with E-state index >= 15 is 0 Å². The summed E-state index contributed by atoms with van der Waals surface area (Å²) in [5, 5.41) is 23.0. The van der Waals surface area contributed by atoms with Gasteiger partial charge in [0.05, 0.1) is 10.0 Å². The molecule has 0 heterocycles. The van der Waals surface area contributed by atoms with Gasteiger partial charge in [-0.3, -0.25) is 0 Å². The number of hydrogen-bond acceptors (Lipinski definition) is 4. The van der Waals surface area contributed by atoms with Crippen molar-refractivity contribution in [1.29, 1.82) is 0 Å². The van der Waals surface area contributed by atoms with Crippen molar-refractivity contribution in [3.8, 4) is 5.75 Å². The van der Waals surface area contributed by atoms with Gasteiger partial charge in [0.2, 0.25) is 0 Å². The van der Waals surface area contributed by atoms with Crippen LogP contribution in [0.5, 0.6) is 5.75 Å². The average Bonchev–Trinajstić information content (AvgIpc) is 2.42. The predicted molar refractivity (Wildman–Crippen MR) is 86.3 cm³/mol. The summed E-state index contributed by atoms with van der Waals surface area (Å²) in [5.74, 6) is 0.763. The number of halogens is 2. The van der Waals surface area contributed by atoms with Crippen molar-refractivity contribution < 1.29 is 14.9 Å². The molecule has 2 atom stereocenters. The largest absolute Gasteiger partial charge is 0.488 e. The second-order valence-corrected chi connectivity index (χ2v) is 6.10. The van der Waals surface area contributed by atoms with Crippen molar-refractivity contribution in [2.75, 3.05) is 19.8 Å². The van der Waals surface area contributed by atoms with Crippen molar-refractivity contribution in [2.45, 2.75) is 32.4 Å². The van der Waals surface area contributed by atoms with Crippen LogP contribution < -0.4 is 10.1 Å². The summed E-state index contributed by atoms with van der Waals surface area (Å²) < 4.78 is 5.48. The van der Waals surface area contributed by atoms with Gasteiger partial charge in [0, 0.05) is 19.2 Å². The summed E-state index contributed by atoms with van der Waals surface area (Å²) in [6.07, 6.45) is -0.0287. The Bertz CT molecular complexity index is 409. The smallest absolute Gasteiger partial charge is 0.156 e. The second-order valence-electron chi connectivity index (χ2n) is 5.29. The fourth-order valence-electron chi connectivity index (χ4n) is 1.96. The third-order valence-corrected chi connectivity index (χ3v) is 3.79. The predicted octanol–water partition coefficient (Wildman–Crippen LogP) is 2.73. The van der Waals surface area contributed by atoms with Crippen LogP contribution in [0.4, 0.5) is 0 Å². The van der Waals surface area contributed by atoms with Crippen LogP contribution in [-0.4, -0.2) is 42.1 Å². The maximum atomic E-state index is 9.96. The molecule has 0 saturated carbocycles. The van der Waals surface area contributed by atoms with Crippen LogP contribution in [0.25, 0.3) is 0 Å². The first kappa shape index (κ1) is 18.5. The Kier molecular flexibility index (Phi) is 8.37. The molecule has 0 aliphatic carbocycles. The molecule has 2 unspecified atom stereocenters. The summed E-state index contributed by atoms with van der Waals surface area (Å²) >= 11 is 12.0. The molecule has 3 N–H and O–H groups in total. The first-order chi connectivity index (χ1) is 9.95. The van der Waals surface area contributed by atoms with Gasteiger partial charge in [0.15, 0.2) is 5.75 Å². The van der Waals surface area contributed by atoms with Crippen LogP contribution in [-0.2, 0) is 0 Å². The zero-order valence-corrected chi connectivity index (χ0v) is 13.9. The first-order valence-corrected chi connectivity index (χ1v) is 7.80. The highest BCUT2D eigenvalue weighted by molar-refractivity contribution is 6.37. The fourth-order valence-corrected chi connectivity index (χ4v) is 2.46. The van der Waals surface area contributed by atoms with Gasteiger partial charge in [-0.25, -0.2) is 0 Å². The number of para-hydroxylation sites is 1. The summed E-state index contributed by atoms with van der Waals surface area (Å²) in [5.41, 5.74) is 0. The third-order valence-electron chi connectivity index (χ3n) is 3.20. The van der Waals surface area contributed by atoms with Crippen LogP contribution in [0.1, 0.15) is 20.3 Å². The molecule has 6 heteroatoms. The lowest BCUT2D eigenvalue weighted by Gasteiger charge is -2.23. The van der Waals surface area contributed by atoms with Gasteiger partial charge in [-0.15, -0.1) is 0 Å². The van der Waals surface area contributed by atoms with Crippen LogP contribution in [0, 0.1) is 5.92 Å². The van der Waals surface area contributed by atoms with Crippen LogP contribution in [0.15, 0.2) is 18.2 Å². The maximum Gasteiger partial charge on any atom is 0.156 e. The fraction of sp³-hybridized carbons (Fsp3) is 0.600. The standard InChI is InChI=1S/C15H23Cl2NO3/c1-10(2)14(6-7-19)18-8-11(20)9-21-15-12(16)4-3-5-13(15)17/h3-5,10-11,14,18-20H,6-9H2,1-2H3. The van der Waals surface area contributed by atoms with Gasteiger partial charge in [0.1, 0.15) is 12.7 Å². The Hall–Kier alpha value is -0.520. The Morgan fingerprint density at radius 2 is 1.86 bits per heavy atom. The quantitative estimate of drug-likeness (QED) is 0.649. The van der Waals surface area contributed by atoms with Gasteiger partial charge in [-0.05, 0) is 24.5 Å². The summed E-state index contributed by atoms with van der Waals surface area (Å²) in [6, 6.07) is 5.26. The van der Waals surface area contributed by atoms with Gasteiger partial charge in [-0.2, -0.15) is 0 Å². The van der Waals surface area contributed by atoms with E-state index in [2.05, 4.69) is 19.2 Å². The Balaban J connectivity index is 2.42. The molecular weight excluding hydrogens is 313 g/mol. The van der Waals surface area contributed by atoms with Crippen LogP contribution in [0.3, 0.4) is 0 Å². The van der Waals surface area contributed by atoms with E-state index in [0.717, 1.165) is 0 Å². The monoisotopic (exact) mass is 335 g/mol. The summed E-state index contributed by atoms with van der Waals surface area (Å²) in [6.45, 7) is 4.74. The molecule has 0 bridgehead atoms. The Morgan fingerprint density at radius 1 is 1.24 bits per heavy atom. The SMILES string of the molecule is CC(C)C(CCO)NCC(O)COc1c(Cl)cccc1Cl. The number of aliphatic hydroxyl groups is 2. The lowest BCUT2D eigenvalue weighted by Crippen LogP contribution is -2.41. The molecule has 0 aliphatic rings. The van der Waals surface area contributed by atoms with E-state index < -0.39 is 6.10 Å². The Labute approximate surface area is 136 Å². The van der Waals surface area contributed by atoms with Crippen molar-refractivity contribution >= 4 is 23.2 Å². The molecule has 0 saturated heterocycles. The molecule has 1 rings (SSSR count).